The van der Waals surface area contributed by atoms with Crippen LogP contribution in [0.5, 0.6) is 5.75 Å². The van der Waals surface area contributed by atoms with Crippen LogP contribution in [-0.4, -0.2) is 23.0 Å². The van der Waals surface area contributed by atoms with Gasteiger partial charge in [-0.05, 0) is 31.5 Å². The van der Waals surface area contributed by atoms with Crippen molar-refractivity contribution >= 4 is 11.6 Å². The monoisotopic (exact) mass is 303 g/mol. The summed E-state index contributed by atoms with van der Waals surface area (Å²) < 4.78 is 6.16. The second-order valence-corrected chi connectivity index (χ2v) is 5.84. The fraction of sp³-hybridized carbons (Fsp3) is 0.333. The van der Waals surface area contributed by atoms with Crippen molar-refractivity contribution in [3.05, 3.63) is 66.2 Å². The zero-order valence-electron chi connectivity index (χ0n) is 12.6. The third kappa shape index (κ3) is 4.76. The van der Waals surface area contributed by atoms with Gasteiger partial charge >= 0.3 is 0 Å². The van der Waals surface area contributed by atoms with E-state index in [1.54, 1.807) is 0 Å². The Hall–Kier alpha value is -1.51. The number of nitrogens with zero attached hydrogens (tertiary/aromatic N) is 1. The normalized spacial score (nSPS) is 11.6. The molecule has 0 bridgehead atoms. The van der Waals surface area contributed by atoms with E-state index in [1.807, 2.05) is 36.4 Å². The zero-order chi connectivity index (χ0) is 15.1. The van der Waals surface area contributed by atoms with Gasteiger partial charge in [0.2, 0.25) is 0 Å². The first kappa shape index (κ1) is 15.9. The molecule has 0 aliphatic carbocycles. The SMILES string of the molecule is CC(C)(Oc1ccccc1)N(CCCl)Cc1ccccc1. The van der Waals surface area contributed by atoms with Gasteiger partial charge in [-0.15, -0.1) is 11.6 Å². The Morgan fingerprint density at radius 1 is 0.952 bits per heavy atom. The number of halogens is 1. The minimum absolute atomic E-state index is 0.425. The number of hydrogen-bond acceptors (Lipinski definition) is 2. The summed E-state index contributed by atoms with van der Waals surface area (Å²) in [4.78, 5) is 2.25. The van der Waals surface area contributed by atoms with Gasteiger partial charge in [0.25, 0.3) is 0 Å². The van der Waals surface area contributed by atoms with E-state index >= 15 is 0 Å². The Morgan fingerprint density at radius 2 is 1.52 bits per heavy atom. The van der Waals surface area contributed by atoms with E-state index in [-0.39, 0.29) is 0 Å². The summed E-state index contributed by atoms with van der Waals surface area (Å²) in [6.07, 6.45) is 0. The Balaban J connectivity index is 2.11. The predicted molar refractivity (Wildman–Crippen MR) is 88.7 cm³/mol. The van der Waals surface area contributed by atoms with E-state index in [0.717, 1.165) is 18.8 Å². The summed E-state index contributed by atoms with van der Waals surface area (Å²) in [5.41, 5.74) is 0.832. The molecule has 0 unspecified atom stereocenters. The molecule has 0 amide bonds. The summed E-state index contributed by atoms with van der Waals surface area (Å²) in [7, 11) is 0. The second kappa shape index (κ2) is 7.48. The highest BCUT2D eigenvalue weighted by atomic mass is 35.5. The van der Waals surface area contributed by atoms with Crippen LogP contribution in [0.2, 0.25) is 0 Å². The molecule has 0 radical (unpaired) electrons. The zero-order valence-corrected chi connectivity index (χ0v) is 13.4. The van der Waals surface area contributed by atoms with E-state index < -0.39 is 5.72 Å². The maximum atomic E-state index is 6.16. The fourth-order valence-corrected chi connectivity index (χ4v) is 2.49. The number of hydrogen-bond donors (Lipinski definition) is 0. The molecule has 112 valence electrons. The van der Waals surface area contributed by atoms with Gasteiger partial charge in [0.15, 0.2) is 5.72 Å². The van der Waals surface area contributed by atoms with Crippen LogP contribution in [0.15, 0.2) is 60.7 Å². The predicted octanol–water partition coefficient (Wildman–Crippen LogP) is 4.54. The topological polar surface area (TPSA) is 12.5 Å². The van der Waals surface area contributed by atoms with Crippen LogP contribution in [0.3, 0.4) is 0 Å². The fourth-order valence-electron chi connectivity index (χ4n) is 2.29. The Kier molecular flexibility index (Phi) is 5.66. The van der Waals surface area contributed by atoms with Gasteiger partial charge in [0, 0.05) is 19.0 Å². The largest absolute Gasteiger partial charge is 0.473 e. The molecule has 0 saturated carbocycles. The minimum atomic E-state index is -0.425. The number of ether oxygens (including phenoxy) is 1. The van der Waals surface area contributed by atoms with Crippen LogP contribution in [0.25, 0.3) is 0 Å². The molecule has 2 rings (SSSR count). The lowest BCUT2D eigenvalue weighted by Crippen LogP contribution is -2.48. The molecule has 0 aromatic heterocycles. The highest BCUT2D eigenvalue weighted by molar-refractivity contribution is 6.18. The summed E-state index contributed by atoms with van der Waals surface area (Å²) in [5, 5.41) is 0. The van der Waals surface area contributed by atoms with Crippen molar-refractivity contribution in [1.82, 2.24) is 4.90 Å². The van der Waals surface area contributed by atoms with Crippen molar-refractivity contribution in [3.63, 3.8) is 0 Å². The third-order valence-electron chi connectivity index (χ3n) is 3.44. The maximum Gasteiger partial charge on any atom is 0.158 e. The van der Waals surface area contributed by atoms with E-state index in [4.69, 9.17) is 16.3 Å². The molecule has 2 aromatic carbocycles. The molecule has 0 aliphatic rings. The average Bonchev–Trinajstić information content (AvgIpc) is 2.48. The Labute approximate surface area is 132 Å². The van der Waals surface area contributed by atoms with Crippen LogP contribution >= 0.6 is 11.6 Å². The Bertz CT molecular complexity index is 527. The van der Waals surface area contributed by atoms with E-state index in [0.29, 0.717) is 5.88 Å². The first-order valence-corrected chi connectivity index (χ1v) is 7.74. The van der Waals surface area contributed by atoms with Gasteiger partial charge < -0.3 is 4.74 Å². The summed E-state index contributed by atoms with van der Waals surface area (Å²) in [6.45, 7) is 5.74. The summed E-state index contributed by atoms with van der Waals surface area (Å²) in [5.74, 6) is 1.45. The van der Waals surface area contributed by atoms with Gasteiger partial charge in [-0.3, -0.25) is 4.90 Å². The molecule has 0 atom stereocenters. The first-order valence-electron chi connectivity index (χ1n) is 7.21. The molecule has 2 nitrogen and oxygen atoms in total. The molecule has 3 heteroatoms. The molecule has 0 N–H and O–H groups in total. The quantitative estimate of drug-likeness (QED) is 0.550. The molecule has 21 heavy (non-hydrogen) atoms. The van der Waals surface area contributed by atoms with Crippen molar-refractivity contribution in [3.8, 4) is 5.75 Å². The number of alkyl halides is 1. The lowest BCUT2D eigenvalue weighted by atomic mass is 10.1. The standard InChI is InChI=1S/C18H22ClNO/c1-18(2,21-17-11-7-4-8-12-17)20(14-13-19)15-16-9-5-3-6-10-16/h3-12H,13-15H2,1-2H3. The highest BCUT2D eigenvalue weighted by Gasteiger charge is 2.28. The maximum absolute atomic E-state index is 6.16. The van der Waals surface area contributed by atoms with Crippen molar-refractivity contribution in [2.45, 2.75) is 26.1 Å². The second-order valence-electron chi connectivity index (χ2n) is 5.46. The molecule has 0 spiro atoms. The van der Waals surface area contributed by atoms with Crippen molar-refractivity contribution < 1.29 is 4.74 Å². The van der Waals surface area contributed by atoms with Gasteiger partial charge in [0.1, 0.15) is 5.75 Å². The molecular weight excluding hydrogens is 282 g/mol. The molecule has 0 heterocycles. The van der Waals surface area contributed by atoms with Crippen LogP contribution in [-0.2, 0) is 6.54 Å². The molecule has 0 saturated heterocycles. The molecule has 2 aromatic rings. The number of rotatable bonds is 7. The molecule has 0 aliphatic heterocycles. The summed E-state index contributed by atoms with van der Waals surface area (Å²) in [6, 6.07) is 20.3. The molecule has 0 fully saturated rings. The minimum Gasteiger partial charge on any atom is -0.473 e. The lowest BCUT2D eigenvalue weighted by Gasteiger charge is -2.38. The van der Waals surface area contributed by atoms with Crippen LogP contribution < -0.4 is 4.74 Å². The van der Waals surface area contributed by atoms with Crippen LogP contribution in [0, 0.1) is 0 Å². The first-order chi connectivity index (χ1) is 10.1. The molecular formula is C18H22ClNO. The van der Waals surface area contributed by atoms with Gasteiger partial charge in [-0.25, -0.2) is 0 Å². The number of benzene rings is 2. The van der Waals surface area contributed by atoms with Gasteiger partial charge in [-0.1, -0.05) is 48.5 Å². The van der Waals surface area contributed by atoms with E-state index in [2.05, 4.69) is 43.0 Å². The Morgan fingerprint density at radius 3 is 2.10 bits per heavy atom. The van der Waals surface area contributed by atoms with Crippen LogP contribution in [0.1, 0.15) is 19.4 Å². The van der Waals surface area contributed by atoms with Crippen molar-refractivity contribution in [2.75, 3.05) is 12.4 Å². The van der Waals surface area contributed by atoms with Crippen molar-refractivity contribution in [1.29, 1.82) is 0 Å². The highest BCUT2D eigenvalue weighted by Crippen LogP contribution is 2.23. The van der Waals surface area contributed by atoms with E-state index in [1.165, 1.54) is 5.56 Å². The van der Waals surface area contributed by atoms with Crippen molar-refractivity contribution in [2.24, 2.45) is 0 Å². The van der Waals surface area contributed by atoms with Crippen LogP contribution in [0.4, 0.5) is 0 Å². The van der Waals surface area contributed by atoms with Gasteiger partial charge in [-0.2, -0.15) is 0 Å². The average molecular weight is 304 g/mol. The number of para-hydroxylation sites is 1. The summed E-state index contributed by atoms with van der Waals surface area (Å²) >= 11 is 5.97. The lowest BCUT2D eigenvalue weighted by molar-refractivity contribution is -0.0578. The van der Waals surface area contributed by atoms with E-state index in [9.17, 15) is 0 Å². The van der Waals surface area contributed by atoms with Gasteiger partial charge in [0.05, 0.1) is 0 Å². The third-order valence-corrected chi connectivity index (χ3v) is 3.61. The smallest absolute Gasteiger partial charge is 0.158 e.